The van der Waals surface area contributed by atoms with E-state index in [1.807, 2.05) is 60.7 Å². The number of aliphatic carboxylic acids is 1. The largest absolute Gasteiger partial charge is 0.497 e. The van der Waals surface area contributed by atoms with Crippen molar-refractivity contribution >= 4 is 45.4 Å². The third kappa shape index (κ3) is 4.59. The van der Waals surface area contributed by atoms with E-state index in [0.717, 1.165) is 36.9 Å². The minimum absolute atomic E-state index is 0.0422. The van der Waals surface area contributed by atoms with Gasteiger partial charge in [-0.1, -0.05) is 46.3 Å². The minimum atomic E-state index is -0.863. The van der Waals surface area contributed by atoms with Gasteiger partial charge in [-0.05, 0) is 35.9 Å². The second kappa shape index (κ2) is 8.29. The van der Waals surface area contributed by atoms with Gasteiger partial charge in [0.2, 0.25) is 0 Å². The molecule has 0 amide bonds. The molecule has 132 valence electrons. The predicted molar refractivity (Wildman–Crippen MR) is 109 cm³/mol. The highest BCUT2D eigenvalue weighted by Gasteiger charge is 2.14. The highest BCUT2D eigenvalue weighted by molar-refractivity contribution is 9.10. The van der Waals surface area contributed by atoms with Crippen LogP contribution in [-0.4, -0.2) is 23.2 Å². The number of hydrogen-bond acceptors (Lipinski definition) is 4. The molecule has 0 saturated carbocycles. The molecule has 0 spiro atoms. The SMILES string of the molecule is COc1ccc(/C=C/c2nc(-c3ccc(Br)cc3)c(CC(=O)O)s2)cc1. The highest BCUT2D eigenvalue weighted by atomic mass is 79.9. The molecule has 0 radical (unpaired) electrons. The van der Waals surface area contributed by atoms with Crippen LogP contribution in [0.15, 0.2) is 53.0 Å². The number of methoxy groups -OCH3 is 1. The zero-order valence-corrected chi connectivity index (χ0v) is 16.4. The molecule has 1 heterocycles. The van der Waals surface area contributed by atoms with Crippen LogP contribution in [0, 0.1) is 0 Å². The summed E-state index contributed by atoms with van der Waals surface area (Å²) in [5.74, 6) is -0.0598. The van der Waals surface area contributed by atoms with Crippen LogP contribution >= 0.6 is 27.3 Å². The fourth-order valence-electron chi connectivity index (χ4n) is 2.41. The number of carbonyl (C=O) groups is 1. The summed E-state index contributed by atoms with van der Waals surface area (Å²) in [7, 11) is 1.63. The third-order valence-corrected chi connectivity index (χ3v) is 5.23. The molecule has 1 aromatic heterocycles. The third-order valence-electron chi connectivity index (χ3n) is 3.68. The number of halogens is 1. The lowest BCUT2D eigenvalue weighted by Gasteiger charge is -2.00. The second-order valence-corrected chi connectivity index (χ2v) is 7.54. The number of benzene rings is 2. The van der Waals surface area contributed by atoms with Gasteiger partial charge in [0.15, 0.2) is 0 Å². The Hall–Kier alpha value is -2.44. The first-order valence-electron chi connectivity index (χ1n) is 7.85. The second-order valence-electron chi connectivity index (χ2n) is 5.51. The molecule has 3 rings (SSSR count). The average Bonchev–Trinajstić information content (AvgIpc) is 3.03. The van der Waals surface area contributed by atoms with Crippen LogP contribution in [0.25, 0.3) is 23.4 Å². The number of thiazole rings is 1. The Labute approximate surface area is 163 Å². The molecule has 6 heteroatoms. The Morgan fingerprint density at radius 1 is 1.15 bits per heavy atom. The van der Waals surface area contributed by atoms with E-state index in [2.05, 4.69) is 20.9 Å². The Balaban J connectivity index is 1.90. The van der Waals surface area contributed by atoms with Crippen LogP contribution in [0.1, 0.15) is 15.4 Å². The summed E-state index contributed by atoms with van der Waals surface area (Å²) in [6.07, 6.45) is 3.81. The lowest BCUT2D eigenvalue weighted by Crippen LogP contribution is -1.99. The molecule has 0 aliphatic heterocycles. The van der Waals surface area contributed by atoms with Gasteiger partial charge in [-0.25, -0.2) is 4.98 Å². The molecule has 2 aromatic carbocycles. The smallest absolute Gasteiger partial charge is 0.308 e. The van der Waals surface area contributed by atoms with Crippen LogP contribution in [0.5, 0.6) is 5.75 Å². The summed E-state index contributed by atoms with van der Waals surface area (Å²) in [5.41, 5.74) is 2.65. The molecule has 0 atom stereocenters. The van der Waals surface area contributed by atoms with Gasteiger partial charge < -0.3 is 9.84 Å². The van der Waals surface area contributed by atoms with Crippen molar-refractivity contribution in [1.29, 1.82) is 0 Å². The maximum absolute atomic E-state index is 11.2. The summed E-state index contributed by atoms with van der Waals surface area (Å²) in [6.45, 7) is 0. The lowest BCUT2D eigenvalue weighted by molar-refractivity contribution is -0.136. The van der Waals surface area contributed by atoms with E-state index in [-0.39, 0.29) is 6.42 Å². The van der Waals surface area contributed by atoms with E-state index in [9.17, 15) is 9.90 Å². The van der Waals surface area contributed by atoms with Gasteiger partial charge in [-0.2, -0.15) is 0 Å². The van der Waals surface area contributed by atoms with Crippen LogP contribution in [0.4, 0.5) is 0 Å². The maximum atomic E-state index is 11.2. The number of aromatic nitrogens is 1. The molecule has 0 aliphatic rings. The van der Waals surface area contributed by atoms with Crippen molar-refractivity contribution in [2.75, 3.05) is 7.11 Å². The molecule has 0 fully saturated rings. The van der Waals surface area contributed by atoms with Crippen molar-refractivity contribution in [1.82, 2.24) is 4.98 Å². The van der Waals surface area contributed by atoms with E-state index in [4.69, 9.17) is 4.74 Å². The molecule has 4 nitrogen and oxygen atoms in total. The fourth-order valence-corrected chi connectivity index (χ4v) is 3.66. The Kier molecular flexibility index (Phi) is 5.85. The summed E-state index contributed by atoms with van der Waals surface area (Å²) in [4.78, 5) is 16.6. The summed E-state index contributed by atoms with van der Waals surface area (Å²) >= 11 is 4.81. The maximum Gasteiger partial charge on any atom is 0.308 e. The summed E-state index contributed by atoms with van der Waals surface area (Å²) < 4.78 is 6.12. The van der Waals surface area contributed by atoms with Crippen LogP contribution in [0.3, 0.4) is 0 Å². The Morgan fingerprint density at radius 2 is 1.85 bits per heavy atom. The standard InChI is InChI=1S/C20H16BrNO3S/c1-25-16-9-2-13(3-10-16)4-11-18-22-20(17(26-18)12-19(23)24)14-5-7-15(21)8-6-14/h2-11H,12H2,1H3,(H,23,24)/b11-4+. The molecular weight excluding hydrogens is 414 g/mol. The fraction of sp³-hybridized carbons (Fsp3) is 0.100. The molecular formula is C20H16BrNO3S. The van der Waals surface area contributed by atoms with Crippen LogP contribution < -0.4 is 4.74 Å². The van der Waals surface area contributed by atoms with Gasteiger partial charge in [0.05, 0.1) is 19.2 Å². The van der Waals surface area contributed by atoms with E-state index in [1.165, 1.54) is 11.3 Å². The number of rotatable bonds is 6. The van der Waals surface area contributed by atoms with E-state index >= 15 is 0 Å². The van der Waals surface area contributed by atoms with Crippen LogP contribution in [0.2, 0.25) is 0 Å². The van der Waals surface area contributed by atoms with Crippen molar-refractivity contribution in [3.8, 4) is 17.0 Å². The Bertz CT molecular complexity index is 931. The first-order valence-corrected chi connectivity index (χ1v) is 9.45. The van der Waals surface area contributed by atoms with E-state index in [0.29, 0.717) is 0 Å². The number of nitrogens with zero attached hydrogens (tertiary/aromatic N) is 1. The lowest BCUT2D eigenvalue weighted by atomic mass is 10.1. The highest BCUT2D eigenvalue weighted by Crippen LogP contribution is 2.30. The predicted octanol–water partition coefficient (Wildman–Crippen LogP) is 5.38. The van der Waals surface area contributed by atoms with Crippen molar-refractivity contribution in [2.24, 2.45) is 0 Å². The molecule has 26 heavy (non-hydrogen) atoms. The topological polar surface area (TPSA) is 59.4 Å². The molecule has 0 bridgehead atoms. The zero-order valence-electron chi connectivity index (χ0n) is 14.0. The quantitative estimate of drug-likeness (QED) is 0.571. The molecule has 0 saturated heterocycles. The molecule has 0 unspecified atom stereocenters. The number of carboxylic acids is 1. The van der Waals surface area contributed by atoms with E-state index < -0.39 is 5.97 Å². The van der Waals surface area contributed by atoms with Gasteiger partial charge in [-0.3, -0.25) is 4.79 Å². The van der Waals surface area contributed by atoms with E-state index in [1.54, 1.807) is 7.11 Å². The van der Waals surface area contributed by atoms with Crippen LogP contribution in [-0.2, 0) is 11.2 Å². The van der Waals surface area contributed by atoms with Crippen molar-refractivity contribution in [3.05, 3.63) is 68.5 Å². The number of hydrogen-bond donors (Lipinski definition) is 1. The Morgan fingerprint density at radius 3 is 2.46 bits per heavy atom. The van der Waals surface area contributed by atoms with Gasteiger partial charge in [-0.15, -0.1) is 11.3 Å². The van der Waals surface area contributed by atoms with Gasteiger partial charge in [0.1, 0.15) is 10.8 Å². The minimum Gasteiger partial charge on any atom is -0.497 e. The van der Waals surface area contributed by atoms with Gasteiger partial charge in [0, 0.05) is 14.9 Å². The van der Waals surface area contributed by atoms with Crippen molar-refractivity contribution in [2.45, 2.75) is 6.42 Å². The van der Waals surface area contributed by atoms with Crippen molar-refractivity contribution < 1.29 is 14.6 Å². The first-order chi connectivity index (χ1) is 12.5. The molecule has 3 aromatic rings. The normalized spacial score (nSPS) is 11.0. The first kappa shape index (κ1) is 18.4. The van der Waals surface area contributed by atoms with Crippen molar-refractivity contribution in [3.63, 3.8) is 0 Å². The monoisotopic (exact) mass is 429 g/mol. The zero-order chi connectivity index (χ0) is 18.5. The summed E-state index contributed by atoms with van der Waals surface area (Å²) in [6, 6.07) is 15.4. The number of carboxylic acid groups (broad SMARTS) is 1. The molecule has 1 N–H and O–H groups in total. The summed E-state index contributed by atoms with van der Waals surface area (Å²) in [5, 5.41) is 9.96. The van der Waals surface area contributed by atoms with Gasteiger partial charge in [0.25, 0.3) is 0 Å². The number of ether oxygens (including phenoxy) is 1. The average molecular weight is 430 g/mol. The van der Waals surface area contributed by atoms with Gasteiger partial charge >= 0.3 is 5.97 Å². The molecule has 0 aliphatic carbocycles.